The van der Waals surface area contributed by atoms with Gasteiger partial charge in [-0.15, -0.1) is 11.3 Å². The Kier molecular flexibility index (Phi) is 4.76. The smallest absolute Gasteiger partial charge is 0.268 e. The highest BCUT2D eigenvalue weighted by molar-refractivity contribution is 9.11. The summed E-state index contributed by atoms with van der Waals surface area (Å²) in [6.45, 7) is 0. The minimum Gasteiger partial charge on any atom is -0.268 e. The molecule has 1 aromatic heterocycles. The van der Waals surface area contributed by atoms with Crippen molar-refractivity contribution in [3.8, 4) is 0 Å². The maximum Gasteiger partial charge on any atom is 0.273 e. The van der Waals surface area contributed by atoms with Gasteiger partial charge >= 0.3 is 0 Å². The molecule has 106 valence electrons. The largest absolute Gasteiger partial charge is 0.273 e. The molecule has 0 aliphatic rings. The maximum absolute atomic E-state index is 12.0. The standard InChI is InChI=1S/C11H6BrCl2NO3S2/c12-9-3-4-10(19-9)20(17,18)15-11(16)7-2-1-6(13)5-8(7)14/h1-5,13H/p+1. The summed E-state index contributed by atoms with van der Waals surface area (Å²) in [7, 11) is -3.91. The van der Waals surface area contributed by atoms with E-state index in [1.54, 1.807) is 6.07 Å². The van der Waals surface area contributed by atoms with Crippen molar-refractivity contribution in [1.82, 2.24) is 4.72 Å². The van der Waals surface area contributed by atoms with Crippen LogP contribution in [0.15, 0.2) is 38.3 Å². The van der Waals surface area contributed by atoms with E-state index >= 15 is 0 Å². The third-order valence-electron chi connectivity index (χ3n) is 2.23. The Morgan fingerprint density at radius 2 is 2.00 bits per heavy atom. The fraction of sp³-hybridized carbons (Fsp3) is 0. The molecule has 1 N–H and O–H groups in total. The van der Waals surface area contributed by atoms with E-state index in [1.807, 2.05) is 4.72 Å². The maximum atomic E-state index is 12.0. The Labute approximate surface area is 137 Å². The molecule has 0 aliphatic carbocycles. The summed E-state index contributed by atoms with van der Waals surface area (Å²) in [4.78, 5) is 12.0. The van der Waals surface area contributed by atoms with Crippen molar-refractivity contribution in [2.45, 2.75) is 4.21 Å². The lowest BCUT2D eigenvalue weighted by Crippen LogP contribution is -2.30. The highest BCUT2D eigenvalue weighted by Gasteiger charge is 2.22. The Morgan fingerprint density at radius 1 is 1.30 bits per heavy atom. The van der Waals surface area contributed by atoms with Gasteiger partial charge in [0.05, 0.1) is 14.4 Å². The van der Waals surface area contributed by atoms with E-state index in [0.29, 0.717) is 8.81 Å². The van der Waals surface area contributed by atoms with Crippen LogP contribution in [0.3, 0.4) is 0 Å². The van der Waals surface area contributed by atoms with Gasteiger partial charge in [0.1, 0.15) is 4.21 Å². The Balaban J connectivity index is 2.27. The van der Waals surface area contributed by atoms with Gasteiger partial charge in [0.15, 0.2) is 11.6 Å². The van der Waals surface area contributed by atoms with Crippen LogP contribution in [0.4, 0.5) is 0 Å². The van der Waals surface area contributed by atoms with Gasteiger partial charge < -0.3 is 0 Å². The number of carbonyl (C=O) groups excluding carboxylic acids is 1. The predicted octanol–water partition coefficient (Wildman–Crippen LogP) is 2.98. The summed E-state index contributed by atoms with van der Waals surface area (Å²) in [5.74, 6) is -0.797. The molecule has 2 rings (SSSR count). The van der Waals surface area contributed by atoms with Gasteiger partial charge in [-0.2, -0.15) is 0 Å². The Morgan fingerprint density at radius 3 is 2.55 bits per heavy atom. The molecule has 1 amide bonds. The van der Waals surface area contributed by atoms with Gasteiger partial charge in [-0.05, 0) is 34.1 Å². The quantitative estimate of drug-likeness (QED) is 0.837. The molecule has 1 heterocycles. The lowest BCUT2D eigenvalue weighted by atomic mass is 10.2. The van der Waals surface area contributed by atoms with Crippen molar-refractivity contribution >= 4 is 54.8 Å². The molecule has 9 heteroatoms. The van der Waals surface area contributed by atoms with Crippen LogP contribution in [0.2, 0.25) is 10.0 Å². The molecule has 1 aromatic carbocycles. The number of benzene rings is 1. The van der Waals surface area contributed by atoms with Crippen LogP contribution in [-0.2, 0) is 10.0 Å². The number of halogens is 3. The minimum atomic E-state index is -3.91. The third-order valence-corrected chi connectivity index (χ3v) is 6.24. The van der Waals surface area contributed by atoms with Crippen molar-refractivity contribution in [3.63, 3.8) is 0 Å². The minimum absolute atomic E-state index is 0.0359. The van der Waals surface area contributed by atoms with Crippen LogP contribution >= 0.6 is 38.9 Å². The van der Waals surface area contributed by atoms with E-state index < -0.39 is 15.9 Å². The van der Waals surface area contributed by atoms with Crippen molar-refractivity contribution in [3.05, 3.63) is 49.7 Å². The summed E-state index contributed by atoms with van der Waals surface area (Å²) in [6.07, 6.45) is 0. The summed E-state index contributed by atoms with van der Waals surface area (Å²) in [5, 5.41) is 0.578. The molecule has 0 atom stereocenters. The average Bonchev–Trinajstić information content (AvgIpc) is 2.75. The van der Waals surface area contributed by atoms with Crippen LogP contribution in [0.25, 0.3) is 0 Å². The van der Waals surface area contributed by atoms with Crippen LogP contribution in [0, 0.1) is 11.6 Å². The molecular weight excluding hydrogens is 409 g/mol. The second-order valence-corrected chi connectivity index (χ2v) is 8.89. The van der Waals surface area contributed by atoms with E-state index in [9.17, 15) is 13.2 Å². The van der Waals surface area contributed by atoms with E-state index in [2.05, 4.69) is 15.9 Å². The fourth-order valence-electron chi connectivity index (χ4n) is 1.35. The third kappa shape index (κ3) is 3.53. The fourth-order valence-corrected chi connectivity index (χ4v) is 4.84. The van der Waals surface area contributed by atoms with E-state index in [1.165, 1.54) is 24.3 Å². The Bertz CT molecular complexity index is 774. The van der Waals surface area contributed by atoms with Crippen molar-refractivity contribution in [2.75, 3.05) is 0 Å². The van der Waals surface area contributed by atoms with Crippen molar-refractivity contribution in [1.29, 1.82) is 0 Å². The van der Waals surface area contributed by atoms with Gasteiger partial charge in [-0.25, -0.2) is 13.1 Å². The molecular formula is C11H7BrCl2NO3S2+. The first-order valence-corrected chi connectivity index (χ1v) is 8.96. The van der Waals surface area contributed by atoms with Gasteiger partial charge in [0, 0.05) is 12.1 Å². The number of nitrogens with one attached hydrogen (secondary N) is 1. The lowest BCUT2D eigenvalue weighted by Gasteiger charge is -2.06. The lowest BCUT2D eigenvalue weighted by molar-refractivity contribution is -0.288. The number of carbonyl (C=O) groups is 1. The first kappa shape index (κ1) is 15.8. The first-order valence-electron chi connectivity index (χ1n) is 5.08. The number of thiophene rings is 1. The van der Waals surface area contributed by atoms with Gasteiger partial charge in [0.25, 0.3) is 15.9 Å². The molecule has 0 fully saturated rings. The summed E-state index contributed by atoms with van der Waals surface area (Å²) < 4.78 is 26.7. The normalized spacial score (nSPS) is 11.3. The van der Waals surface area contributed by atoms with Crippen molar-refractivity contribution in [2.24, 2.45) is 0 Å². The summed E-state index contributed by atoms with van der Waals surface area (Å²) in [5.41, 5.74) is 0.0551. The second kappa shape index (κ2) is 6.03. The Hall–Kier alpha value is -0.600. The van der Waals surface area contributed by atoms with Gasteiger partial charge in [0.2, 0.25) is 5.02 Å². The zero-order chi connectivity index (χ0) is 14.9. The van der Waals surface area contributed by atoms with Crippen LogP contribution < -0.4 is 4.72 Å². The molecule has 2 aromatic rings. The number of hydrogen-bond donors (Lipinski definition) is 1. The molecule has 4 nitrogen and oxygen atoms in total. The highest BCUT2D eigenvalue weighted by Crippen LogP contribution is 2.26. The summed E-state index contributed by atoms with van der Waals surface area (Å²) in [6, 6.07) is 7.30. The zero-order valence-corrected chi connectivity index (χ0v) is 14.4. The number of hydrogen-bond acceptors (Lipinski definition) is 4. The topological polar surface area (TPSA) is 63.2 Å². The zero-order valence-electron chi connectivity index (χ0n) is 9.59. The molecule has 0 bridgehead atoms. The average molecular weight is 416 g/mol. The number of amides is 1. The van der Waals surface area contributed by atoms with Gasteiger partial charge in [-0.3, -0.25) is 4.79 Å². The van der Waals surface area contributed by atoms with Crippen LogP contribution in [-0.4, -0.2) is 14.3 Å². The first-order chi connectivity index (χ1) is 9.29. The van der Waals surface area contributed by atoms with E-state index in [0.717, 1.165) is 11.3 Å². The van der Waals surface area contributed by atoms with Crippen molar-refractivity contribution < 1.29 is 24.8 Å². The number of sulfonamides is 1. The second-order valence-electron chi connectivity index (χ2n) is 3.63. The predicted molar refractivity (Wildman–Crippen MR) is 78.7 cm³/mol. The molecule has 20 heavy (non-hydrogen) atoms. The molecule has 0 aliphatic heterocycles. The molecule has 0 saturated carbocycles. The number of rotatable bonds is 3. The molecule has 0 radical (unpaired) electrons. The monoisotopic (exact) mass is 414 g/mol. The SMILES string of the molecule is O=C(NS(=O)(=O)c1ccc(Br)s1)c1ccc([ClH+])cc1Cl. The molecule has 0 spiro atoms. The van der Waals surface area contributed by atoms with E-state index in [-0.39, 0.29) is 14.8 Å². The highest BCUT2D eigenvalue weighted by atomic mass is 79.9. The van der Waals surface area contributed by atoms with Crippen LogP contribution in [0.1, 0.15) is 10.4 Å². The van der Waals surface area contributed by atoms with Gasteiger partial charge in [-0.1, -0.05) is 11.6 Å². The van der Waals surface area contributed by atoms with Crippen LogP contribution in [0.5, 0.6) is 0 Å². The van der Waals surface area contributed by atoms with E-state index in [4.69, 9.17) is 23.2 Å². The molecule has 0 saturated heterocycles. The molecule has 0 unspecified atom stereocenters. The summed E-state index contributed by atoms with van der Waals surface area (Å²) >= 11 is 14.9.